The van der Waals surface area contributed by atoms with E-state index in [2.05, 4.69) is 4.98 Å². The molecule has 0 aliphatic rings. The number of aromatic nitrogens is 2. The monoisotopic (exact) mass is 232 g/mol. The molecule has 2 aromatic rings. The number of methoxy groups -OCH3 is 1. The van der Waals surface area contributed by atoms with Gasteiger partial charge < -0.3 is 14.4 Å². The lowest BCUT2D eigenvalue weighted by molar-refractivity contribution is 0.0697. The molecule has 2 rings (SSSR count). The van der Waals surface area contributed by atoms with Crippen LogP contribution in [0.4, 0.5) is 0 Å². The molecule has 1 aromatic heterocycles. The first-order valence-corrected chi connectivity index (χ1v) is 5.02. The van der Waals surface area contributed by atoms with Crippen LogP contribution in [0.25, 0.3) is 11.4 Å². The first kappa shape index (κ1) is 11.2. The Morgan fingerprint density at radius 2 is 2.24 bits per heavy atom. The SMILES string of the molecule is COc1ccc(C(=O)O)cc1-c1nccn1C. The van der Waals surface area contributed by atoms with Gasteiger partial charge in [0, 0.05) is 19.4 Å². The Morgan fingerprint density at radius 3 is 2.76 bits per heavy atom. The Morgan fingerprint density at radius 1 is 1.47 bits per heavy atom. The zero-order valence-electron chi connectivity index (χ0n) is 9.54. The lowest BCUT2D eigenvalue weighted by atomic mass is 10.1. The van der Waals surface area contributed by atoms with Crippen molar-refractivity contribution in [3.63, 3.8) is 0 Å². The Balaban J connectivity index is 2.61. The third kappa shape index (κ3) is 1.99. The minimum Gasteiger partial charge on any atom is -0.496 e. The molecule has 0 aliphatic heterocycles. The van der Waals surface area contributed by atoms with Crippen molar-refractivity contribution < 1.29 is 14.6 Å². The molecule has 0 saturated heterocycles. The zero-order chi connectivity index (χ0) is 12.4. The van der Waals surface area contributed by atoms with E-state index in [1.807, 2.05) is 11.6 Å². The highest BCUT2D eigenvalue weighted by atomic mass is 16.5. The van der Waals surface area contributed by atoms with Crippen LogP contribution in [0.15, 0.2) is 30.6 Å². The predicted octanol–water partition coefficient (Wildman–Crippen LogP) is 1.79. The van der Waals surface area contributed by atoms with Crippen molar-refractivity contribution in [2.45, 2.75) is 0 Å². The minimum absolute atomic E-state index is 0.212. The Kier molecular flexibility index (Phi) is 2.82. The van der Waals surface area contributed by atoms with E-state index in [1.54, 1.807) is 31.6 Å². The zero-order valence-corrected chi connectivity index (χ0v) is 9.54. The number of hydrogen-bond acceptors (Lipinski definition) is 3. The number of carboxylic acid groups (broad SMARTS) is 1. The summed E-state index contributed by atoms with van der Waals surface area (Å²) in [5, 5.41) is 8.97. The van der Waals surface area contributed by atoms with Gasteiger partial charge in [-0.3, -0.25) is 0 Å². The van der Waals surface area contributed by atoms with Gasteiger partial charge in [0.05, 0.1) is 18.2 Å². The van der Waals surface area contributed by atoms with E-state index in [9.17, 15) is 4.79 Å². The number of carbonyl (C=O) groups is 1. The van der Waals surface area contributed by atoms with Crippen molar-refractivity contribution >= 4 is 5.97 Å². The first-order valence-electron chi connectivity index (χ1n) is 5.02. The van der Waals surface area contributed by atoms with Crippen molar-refractivity contribution in [1.29, 1.82) is 0 Å². The van der Waals surface area contributed by atoms with Gasteiger partial charge in [-0.2, -0.15) is 0 Å². The topological polar surface area (TPSA) is 64.3 Å². The molecule has 0 bridgehead atoms. The summed E-state index contributed by atoms with van der Waals surface area (Å²) in [4.78, 5) is 15.1. The van der Waals surface area contributed by atoms with Gasteiger partial charge in [0.25, 0.3) is 0 Å². The van der Waals surface area contributed by atoms with E-state index in [-0.39, 0.29) is 5.56 Å². The van der Waals surface area contributed by atoms with Crippen LogP contribution in [0.3, 0.4) is 0 Å². The minimum atomic E-state index is -0.969. The Bertz CT molecular complexity index is 561. The summed E-state index contributed by atoms with van der Waals surface area (Å²) in [7, 11) is 3.39. The number of hydrogen-bond donors (Lipinski definition) is 1. The maximum absolute atomic E-state index is 10.9. The van der Waals surface area contributed by atoms with Crippen LogP contribution in [0.5, 0.6) is 5.75 Å². The van der Waals surface area contributed by atoms with Crippen LogP contribution in [-0.4, -0.2) is 27.7 Å². The predicted molar refractivity (Wildman–Crippen MR) is 62.2 cm³/mol. The number of benzene rings is 1. The fourth-order valence-electron chi connectivity index (χ4n) is 1.64. The van der Waals surface area contributed by atoms with E-state index >= 15 is 0 Å². The van der Waals surface area contributed by atoms with E-state index < -0.39 is 5.97 Å². The summed E-state index contributed by atoms with van der Waals surface area (Å²) >= 11 is 0. The van der Waals surface area contributed by atoms with Gasteiger partial charge >= 0.3 is 5.97 Å². The van der Waals surface area contributed by atoms with E-state index in [0.717, 1.165) is 0 Å². The molecule has 17 heavy (non-hydrogen) atoms. The van der Waals surface area contributed by atoms with Crippen molar-refractivity contribution in [2.24, 2.45) is 7.05 Å². The third-order valence-corrected chi connectivity index (χ3v) is 2.51. The molecule has 0 saturated carbocycles. The van der Waals surface area contributed by atoms with Crippen LogP contribution < -0.4 is 4.74 Å². The highest BCUT2D eigenvalue weighted by Crippen LogP contribution is 2.29. The Labute approximate surface area is 98.3 Å². The highest BCUT2D eigenvalue weighted by molar-refractivity contribution is 5.90. The summed E-state index contributed by atoms with van der Waals surface area (Å²) < 4.78 is 7.02. The molecular weight excluding hydrogens is 220 g/mol. The molecule has 1 heterocycles. The van der Waals surface area contributed by atoms with Crippen LogP contribution in [0, 0.1) is 0 Å². The fraction of sp³-hybridized carbons (Fsp3) is 0.167. The van der Waals surface area contributed by atoms with Crippen molar-refractivity contribution in [3.05, 3.63) is 36.2 Å². The van der Waals surface area contributed by atoms with E-state index in [4.69, 9.17) is 9.84 Å². The first-order chi connectivity index (χ1) is 8.13. The molecule has 5 nitrogen and oxygen atoms in total. The van der Waals surface area contributed by atoms with Gasteiger partial charge in [-0.05, 0) is 18.2 Å². The van der Waals surface area contributed by atoms with Gasteiger partial charge in [-0.1, -0.05) is 0 Å². The van der Waals surface area contributed by atoms with Gasteiger partial charge in [0.15, 0.2) is 0 Å². The number of imidazole rings is 1. The van der Waals surface area contributed by atoms with Crippen molar-refractivity contribution in [3.8, 4) is 17.1 Å². The smallest absolute Gasteiger partial charge is 0.335 e. The average Bonchev–Trinajstić information content (AvgIpc) is 2.74. The highest BCUT2D eigenvalue weighted by Gasteiger charge is 2.13. The van der Waals surface area contributed by atoms with Crippen molar-refractivity contribution in [1.82, 2.24) is 9.55 Å². The molecule has 0 unspecified atom stereocenters. The summed E-state index contributed by atoms with van der Waals surface area (Å²) in [6.07, 6.45) is 3.45. The summed E-state index contributed by atoms with van der Waals surface area (Å²) in [6, 6.07) is 4.70. The maximum Gasteiger partial charge on any atom is 0.335 e. The molecule has 5 heteroatoms. The summed E-state index contributed by atoms with van der Waals surface area (Å²) in [5.74, 6) is 0.303. The lowest BCUT2D eigenvalue weighted by Gasteiger charge is -2.09. The number of ether oxygens (including phenoxy) is 1. The second kappa shape index (κ2) is 4.29. The summed E-state index contributed by atoms with van der Waals surface area (Å²) in [5.41, 5.74) is 0.878. The number of rotatable bonds is 3. The number of aromatic carboxylic acids is 1. The third-order valence-electron chi connectivity index (χ3n) is 2.51. The fourth-order valence-corrected chi connectivity index (χ4v) is 1.64. The largest absolute Gasteiger partial charge is 0.496 e. The van der Waals surface area contributed by atoms with Crippen LogP contribution in [0.2, 0.25) is 0 Å². The average molecular weight is 232 g/mol. The molecular formula is C12H12N2O3. The molecule has 0 atom stereocenters. The molecule has 88 valence electrons. The van der Waals surface area contributed by atoms with Gasteiger partial charge in [-0.25, -0.2) is 9.78 Å². The molecule has 0 aliphatic carbocycles. The lowest BCUT2D eigenvalue weighted by Crippen LogP contribution is -2.00. The quantitative estimate of drug-likeness (QED) is 0.876. The standard InChI is InChI=1S/C12H12N2O3/c1-14-6-5-13-11(14)9-7-8(12(15)16)3-4-10(9)17-2/h3-7H,1-2H3,(H,15,16). The number of carboxylic acids is 1. The molecule has 1 N–H and O–H groups in total. The molecule has 0 spiro atoms. The molecule has 0 fully saturated rings. The molecule has 0 radical (unpaired) electrons. The van der Waals surface area contributed by atoms with Crippen molar-refractivity contribution in [2.75, 3.05) is 7.11 Å². The maximum atomic E-state index is 10.9. The van der Waals surface area contributed by atoms with Gasteiger partial charge in [0.1, 0.15) is 11.6 Å². The number of aryl methyl sites for hydroxylation is 1. The van der Waals surface area contributed by atoms with Crippen LogP contribution >= 0.6 is 0 Å². The number of nitrogens with zero attached hydrogens (tertiary/aromatic N) is 2. The second-order valence-corrected chi connectivity index (χ2v) is 3.58. The summed E-state index contributed by atoms with van der Waals surface area (Å²) in [6.45, 7) is 0. The van der Waals surface area contributed by atoms with E-state index in [1.165, 1.54) is 6.07 Å². The molecule has 1 aromatic carbocycles. The Hall–Kier alpha value is -2.30. The van der Waals surface area contributed by atoms with Gasteiger partial charge in [-0.15, -0.1) is 0 Å². The van der Waals surface area contributed by atoms with Crippen LogP contribution in [0.1, 0.15) is 10.4 Å². The van der Waals surface area contributed by atoms with Gasteiger partial charge in [0.2, 0.25) is 0 Å². The normalized spacial score (nSPS) is 10.2. The molecule has 0 amide bonds. The van der Waals surface area contributed by atoms with Crippen LogP contribution in [-0.2, 0) is 7.05 Å². The van der Waals surface area contributed by atoms with E-state index in [0.29, 0.717) is 17.1 Å². The second-order valence-electron chi connectivity index (χ2n) is 3.58.